The summed E-state index contributed by atoms with van der Waals surface area (Å²) in [6.07, 6.45) is 1.58. The summed E-state index contributed by atoms with van der Waals surface area (Å²) in [5.41, 5.74) is 7.45. The van der Waals surface area contributed by atoms with Crippen molar-refractivity contribution >= 4 is 33.0 Å². The summed E-state index contributed by atoms with van der Waals surface area (Å²) in [6.45, 7) is 1.89. The van der Waals surface area contributed by atoms with E-state index in [9.17, 15) is 4.79 Å². The minimum atomic E-state index is -1.01. The first kappa shape index (κ1) is 11.8. The van der Waals surface area contributed by atoms with Gasteiger partial charge in [-0.1, -0.05) is 24.3 Å². The molecule has 0 amide bonds. The Morgan fingerprint density at radius 3 is 2.88 bits per heavy atom. The van der Waals surface area contributed by atoms with E-state index < -0.39 is 12.0 Å². The summed E-state index contributed by atoms with van der Waals surface area (Å²) in [7, 11) is 0. The van der Waals surface area contributed by atoms with Crippen LogP contribution in [-0.2, 0) is 4.79 Å². The number of hydrogen-bond donors (Lipinski definition) is 2. The number of carbonyl (C=O) groups is 1. The standard InChI is InChI=1S/C13H13NO2S/c1-8(6-11(14)13(15)16)10-7-17-12-5-3-2-4-9(10)12/h2-7,11H,14H2,1H3,(H,15,16)/b8-6-/t11-/m1/s1. The van der Waals surface area contributed by atoms with Gasteiger partial charge in [0.05, 0.1) is 0 Å². The summed E-state index contributed by atoms with van der Waals surface area (Å²) >= 11 is 1.65. The van der Waals surface area contributed by atoms with Crippen LogP contribution in [0, 0.1) is 0 Å². The third-order valence-electron chi connectivity index (χ3n) is 2.62. The fourth-order valence-corrected chi connectivity index (χ4v) is 2.73. The second-order valence-electron chi connectivity index (χ2n) is 3.86. The van der Waals surface area contributed by atoms with Gasteiger partial charge in [-0.25, -0.2) is 0 Å². The van der Waals surface area contributed by atoms with Crippen molar-refractivity contribution in [2.75, 3.05) is 0 Å². The lowest BCUT2D eigenvalue weighted by atomic mass is 10.0. The van der Waals surface area contributed by atoms with Gasteiger partial charge in [0, 0.05) is 4.70 Å². The minimum absolute atomic E-state index is 0.900. The molecule has 3 nitrogen and oxygen atoms in total. The van der Waals surface area contributed by atoms with Crippen LogP contribution in [-0.4, -0.2) is 17.1 Å². The van der Waals surface area contributed by atoms with Crippen molar-refractivity contribution in [3.8, 4) is 0 Å². The molecule has 0 spiro atoms. The molecule has 1 atom stereocenters. The second kappa shape index (κ2) is 4.69. The first-order chi connectivity index (χ1) is 8.09. The van der Waals surface area contributed by atoms with E-state index in [1.165, 1.54) is 4.70 Å². The molecular formula is C13H13NO2S. The molecule has 0 saturated carbocycles. The first-order valence-corrected chi connectivity index (χ1v) is 6.11. The van der Waals surface area contributed by atoms with Crippen molar-refractivity contribution in [1.29, 1.82) is 0 Å². The lowest BCUT2D eigenvalue weighted by Crippen LogP contribution is -2.27. The van der Waals surface area contributed by atoms with E-state index in [2.05, 4.69) is 0 Å². The number of allylic oxidation sites excluding steroid dienone is 1. The molecule has 0 fully saturated rings. The highest BCUT2D eigenvalue weighted by Crippen LogP contribution is 2.30. The predicted octanol–water partition coefficient (Wildman–Crippen LogP) is 2.72. The van der Waals surface area contributed by atoms with Crippen LogP contribution in [0.15, 0.2) is 35.7 Å². The summed E-state index contributed by atoms with van der Waals surface area (Å²) < 4.78 is 1.19. The number of carboxylic acid groups (broad SMARTS) is 1. The number of hydrogen-bond acceptors (Lipinski definition) is 3. The summed E-state index contributed by atoms with van der Waals surface area (Å²) in [5, 5.41) is 11.9. The Bertz CT molecular complexity index is 586. The molecule has 2 rings (SSSR count). The Morgan fingerprint density at radius 1 is 1.47 bits per heavy atom. The molecule has 17 heavy (non-hydrogen) atoms. The van der Waals surface area contributed by atoms with Gasteiger partial charge in [0.1, 0.15) is 6.04 Å². The second-order valence-corrected chi connectivity index (χ2v) is 4.77. The maximum absolute atomic E-state index is 10.7. The largest absolute Gasteiger partial charge is 0.480 e. The molecule has 0 radical (unpaired) electrons. The first-order valence-electron chi connectivity index (χ1n) is 5.23. The molecule has 3 N–H and O–H groups in total. The van der Waals surface area contributed by atoms with E-state index in [4.69, 9.17) is 10.8 Å². The number of thiophene rings is 1. The monoisotopic (exact) mass is 247 g/mol. The lowest BCUT2D eigenvalue weighted by molar-refractivity contribution is -0.137. The van der Waals surface area contributed by atoms with E-state index >= 15 is 0 Å². The van der Waals surface area contributed by atoms with Gasteiger partial charge in [0.25, 0.3) is 0 Å². The highest BCUT2D eigenvalue weighted by molar-refractivity contribution is 7.17. The molecule has 0 unspecified atom stereocenters. The van der Waals surface area contributed by atoms with E-state index in [1.807, 2.05) is 36.6 Å². The normalized spacial score (nSPS) is 13.9. The SMILES string of the molecule is C/C(=C/[C@@H](N)C(=O)O)c1csc2ccccc12. The number of nitrogens with two attached hydrogens (primary N) is 1. The van der Waals surface area contributed by atoms with Crippen molar-refractivity contribution in [2.45, 2.75) is 13.0 Å². The van der Waals surface area contributed by atoms with Crippen molar-refractivity contribution in [3.05, 3.63) is 41.3 Å². The summed E-state index contributed by atoms with van der Waals surface area (Å²) in [5.74, 6) is -1.01. The van der Waals surface area contributed by atoms with E-state index in [0.717, 1.165) is 16.5 Å². The Balaban J connectivity index is 2.43. The molecule has 0 bridgehead atoms. The van der Waals surface area contributed by atoms with Crippen molar-refractivity contribution in [1.82, 2.24) is 0 Å². The van der Waals surface area contributed by atoms with Gasteiger partial charge in [0.2, 0.25) is 0 Å². The maximum atomic E-state index is 10.7. The molecule has 4 heteroatoms. The quantitative estimate of drug-likeness (QED) is 0.876. The number of fused-ring (bicyclic) bond motifs is 1. The fourth-order valence-electron chi connectivity index (χ4n) is 1.71. The van der Waals surface area contributed by atoms with Crippen LogP contribution in [0.5, 0.6) is 0 Å². The highest BCUT2D eigenvalue weighted by atomic mass is 32.1. The zero-order valence-electron chi connectivity index (χ0n) is 9.38. The maximum Gasteiger partial charge on any atom is 0.324 e. The van der Waals surface area contributed by atoms with Crippen LogP contribution >= 0.6 is 11.3 Å². The Hall–Kier alpha value is -1.65. The minimum Gasteiger partial charge on any atom is -0.480 e. The Kier molecular flexibility index (Phi) is 3.26. The van der Waals surface area contributed by atoms with Gasteiger partial charge in [-0.3, -0.25) is 4.79 Å². The van der Waals surface area contributed by atoms with Crippen LogP contribution in [0.2, 0.25) is 0 Å². The zero-order valence-corrected chi connectivity index (χ0v) is 10.2. The third-order valence-corrected chi connectivity index (χ3v) is 3.58. The van der Waals surface area contributed by atoms with Crippen molar-refractivity contribution < 1.29 is 9.90 Å². The zero-order chi connectivity index (χ0) is 12.4. The van der Waals surface area contributed by atoms with Crippen LogP contribution in [0.1, 0.15) is 12.5 Å². The topological polar surface area (TPSA) is 63.3 Å². The molecule has 88 valence electrons. The molecule has 1 aromatic heterocycles. The molecule has 0 aliphatic rings. The van der Waals surface area contributed by atoms with Gasteiger partial charge in [-0.15, -0.1) is 11.3 Å². The van der Waals surface area contributed by atoms with Gasteiger partial charge in [-0.05, 0) is 34.9 Å². The Labute approximate surface area is 103 Å². The highest BCUT2D eigenvalue weighted by Gasteiger charge is 2.10. The fraction of sp³-hybridized carbons (Fsp3) is 0.154. The third kappa shape index (κ3) is 2.38. The van der Waals surface area contributed by atoms with E-state index in [1.54, 1.807) is 17.4 Å². The van der Waals surface area contributed by atoms with Gasteiger partial charge < -0.3 is 10.8 Å². The molecule has 0 saturated heterocycles. The van der Waals surface area contributed by atoms with Crippen LogP contribution in [0.3, 0.4) is 0 Å². The summed E-state index contributed by atoms with van der Waals surface area (Å²) in [4.78, 5) is 10.7. The molecule has 0 aliphatic carbocycles. The van der Waals surface area contributed by atoms with E-state index in [0.29, 0.717) is 0 Å². The van der Waals surface area contributed by atoms with Crippen LogP contribution in [0.25, 0.3) is 15.7 Å². The molecule has 2 aromatic rings. The summed E-state index contributed by atoms with van der Waals surface area (Å²) in [6, 6.07) is 7.10. The van der Waals surface area contributed by atoms with Gasteiger partial charge >= 0.3 is 5.97 Å². The Morgan fingerprint density at radius 2 is 2.18 bits per heavy atom. The lowest BCUT2D eigenvalue weighted by Gasteiger charge is -2.03. The predicted molar refractivity (Wildman–Crippen MR) is 71.1 cm³/mol. The number of aliphatic carboxylic acids is 1. The van der Waals surface area contributed by atoms with Gasteiger partial charge in [0.15, 0.2) is 0 Å². The number of rotatable bonds is 3. The van der Waals surface area contributed by atoms with Crippen molar-refractivity contribution in [3.63, 3.8) is 0 Å². The average molecular weight is 247 g/mol. The van der Waals surface area contributed by atoms with Crippen LogP contribution < -0.4 is 5.73 Å². The molecule has 1 heterocycles. The molecule has 0 aliphatic heterocycles. The number of carboxylic acids is 1. The molecular weight excluding hydrogens is 234 g/mol. The van der Waals surface area contributed by atoms with Gasteiger partial charge in [-0.2, -0.15) is 0 Å². The smallest absolute Gasteiger partial charge is 0.324 e. The van der Waals surface area contributed by atoms with Crippen LogP contribution in [0.4, 0.5) is 0 Å². The average Bonchev–Trinajstić information content (AvgIpc) is 2.72. The van der Waals surface area contributed by atoms with E-state index in [-0.39, 0.29) is 0 Å². The van der Waals surface area contributed by atoms with Crippen molar-refractivity contribution in [2.24, 2.45) is 5.73 Å². The number of benzene rings is 1. The molecule has 1 aromatic carbocycles.